The predicted molar refractivity (Wildman–Crippen MR) is 79.5 cm³/mol. The molecule has 11 atom stereocenters. The molecule has 0 aliphatic heterocycles. The van der Waals surface area contributed by atoms with Crippen molar-refractivity contribution < 1.29 is 247 Å². The number of rotatable bonds is 10. The topological polar surface area (TPSA) is 368 Å². The standard InChI is InChI=1S/C6H17O21P5.5Na/c7-1-2(23-28(8,9)10)4(25-30(14,15)16)6(27-32(20,21)22)5(26-31(17,18)19)3(1)24-29(11,12)13;;;;;/h1-7H,(H2,8,9,10)(H2,11,12,13)(H2,14,15,16)(H2,17,18,19)(H2,20,21,22);;;;;/q;5*+1/p-5/t1?,2-,3-,4-,5+,6?;;;;;/m1...../s1. The van der Waals surface area contributed by atoms with Crippen molar-refractivity contribution in [2.45, 2.75) is 36.6 Å². The van der Waals surface area contributed by atoms with Gasteiger partial charge in [0.15, 0.2) is 0 Å². The van der Waals surface area contributed by atoms with Crippen molar-refractivity contribution in [3.8, 4) is 0 Å². The molecule has 0 aromatic rings. The van der Waals surface area contributed by atoms with Crippen LogP contribution in [0.25, 0.3) is 0 Å². The average molecular weight is 690 g/mol. The van der Waals surface area contributed by atoms with Gasteiger partial charge in [-0.2, -0.15) is 0 Å². The zero-order chi connectivity index (χ0) is 25.5. The SMILES string of the molecule is O=P([O-])(O)OC1[C@@H](OP(=O)([O-])O)[C@H](OP(=O)([O-])O)C(O)[C@@H](OP(=O)([O-])O)[C@H]1OP(=O)([O-])O.[Na+].[Na+].[Na+].[Na+].[Na+]. The molecule has 0 bridgehead atoms. The van der Waals surface area contributed by atoms with Gasteiger partial charge in [0.25, 0.3) is 39.1 Å². The maximum Gasteiger partial charge on any atom is 1.00 e. The Hall–Kier alpha value is 5.51. The summed E-state index contributed by atoms with van der Waals surface area (Å²) >= 11 is 0. The number of hydrogen-bond acceptors (Lipinski definition) is 16. The molecule has 0 aromatic heterocycles. The first-order valence-corrected chi connectivity index (χ1v) is 14.7. The predicted octanol–water partition coefficient (Wildman–Crippen LogP) is -21.4. The number of hydrogen-bond donors (Lipinski definition) is 6. The largest absolute Gasteiger partial charge is 1.00 e. The van der Waals surface area contributed by atoms with Gasteiger partial charge in [-0.3, -0.25) is 22.8 Å². The van der Waals surface area contributed by atoms with Crippen molar-refractivity contribution in [1.82, 2.24) is 0 Å². The number of phosphoric acid groups is 5. The molecule has 0 amide bonds. The van der Waals surface area contributed by atoms with Gasteiger partial charge in [-0.05, 0) is 0 Å². The molecule has 1 aliphatic rings. The van der Waals surface area contributed by atoms with E-state index in [2.05, 4.69) is 22.6 Å². The van der Waals surface area contributed by atoms with Crippen molar-refractivity contribution in [3.63, 3.8) is 0 Å². The van der Waals surface area contributed by atoms with Crippen LogP contribution < -0.4 is 172 Å². The van der Waals surface area contributed by atoms with Gasteiger partial charge in [-0.15, -0.1) is 0 Å². The third kappa shape index (κ3) is 21.8. The Morgan fingerprint density at radius 2 is 0.541 bits per heavy atom. The van der Waals surface area contributed by atoms with Gasteiger partial charge in [0.1, 0.15) is 36.6 Å². The van der Waals surface area contributed by atoms with Gasteiger partial charge in [0, 0.05) is 0 Å². The second-order valence-corrected chi connectivity index (χ2v) is 11.4. The Labute approximate surface area is 318 Å². The quantitative estimate of drug-likeness (QED) is 0.0915. The summed E-state index contributed by atoms with van der Waals surface area (Å²) in [5, 5.41) is 10.1. The summed E-state index contributed by atoms with van der Waals surface area (Å²) in [5.41, 5.74) is 0. The van der Waals surface area contributed by atoms with E-state index in [0.29, 0.717) is 0 Å². The van der Waals surface area contributed by atoms with Crippen LogP contribution in [0.2, 0.25) is 0 Å². The van der Waals surface area contributed by atoms with E-state index < -0.39 is 75.7 Å². The first-order valence-electron chi connectivity index (χ1n) is 7.18. The van der Waals surface area contributed by atoms with Crippen LogP contribution in [0.15, 0.2) is 0 Å². The fourth-order valence-electron chi connectivity index (χ4n) is 2.51. The van der Waals surface area contributed by atoms with Gasteiger partial charge in [0.05, 0.1) is 0 Å². The molecule has 0 saturated heterocycles. The van der Waals surface area contributed by atoms with E-state index in [1.807, 2.05) is 0 Å². The molecule has 21 nitrogen and oxygen atoms in total. The monoisotopic (exact) mass is 690 g/mol. The minimum atomic E-state index is -6.18. The van der Waals surface area contributed by atoms with E-state index in [9.17, 15) is 52.4 Å². The van der Waals surface area contributed by atoms with Gasteiger partial charge >= 0.3 is 148 Å². The number of phosphoric ester groups is 5. The van der Waals surface area contributed by atoms with Crippen LogP contribution in [0.5, 0.6) is 0 Å². The molecule has 1 rings (SSSR count). The molecule has 192 valence electrons. The summed E-state index contributed by atoms with van der Waals surface area (Å²) in [6, 6.07) is 0. The van der Waals surface area contributed by atoms with Crippen molar-refractivity contribution in [2.24, 2.45) is 0 Å². The van der Waals surface area contributed by atoms with Gasteiger partial charge in [0.2, 0.25) is 0 Å². The Morgan fingerprint density at radius 3 is 0.703 bits per heavy atom. The van der Waals surface area contributed by atoms with E-state index in [4.69, 9.17) is 24.5 Å². The zero-order valence-electron chi connectivity index (χ0n) is 19.5. The van der Waals surface area contributed by atoms with Crippen LogP contribution in [-0.2, 0) is 45.4 Å². The summed E-state index contributed by atoms with van der Waals surface area (Å²) < 4.78 is 74.8. The van der Waals surface area contributed by atoms with E-state index in [1.165, 1.54) is 0 Å². The third-order valence-electron chi connectivity index (χ3n) is 3.24. The molecule has 1 aliphatic carbocycles. The maximum absolute atomic E-state index is 11.1. The Kier molecular flexibility index (Phi) is 28.0. The molecule has 6 N–H and O–H groups in total. The molecule has 0 heterocycles. The summed E-state index contributed by atoms with van der Waals surface area (Å²) in [6.07, 6.45) is -18.4. The van der Waals surface area contributed by atoms with Crippen molar-refractivity contribution in [3.05, 3.63) is 0 Å². The molecule has 0 radical (unpaired) electrons. The maximum atomic E-state index is 11.1. The van der Waals surface area contributed by atoms with Crippen molar-refractivity contribution in [1.29, 1.82) is 0 Å². The van der Waals surface area contributed by atoms with Gasteiger partial charge < -0.3 is 76.7 Å². The summed E-state index contributed by atoms with van der Waals surface area (Å²) in [6.45, 7) is 0. The van der Waals surface area contributed by atoms with Crippen LogP contribution in [-0.4, -0.2) is 66.2 Å². The fraction of sp³-hybridized carbons (Fsp3) is 1.00. The van der Waals surface area contributed by atoms with Crippen LogP contribution in [0, 0.1) is 0 Å². The molecule has 1 fully saturated rings. The second kappa shape index (κ2) is 19.9. The zero-order valence-corrected chi connectivity index (χ0v) is 34.0. The Bertz CT molecular complexity index is 845. The smallest absolute Gasteiger partial charge is 0.756 e. The van der Waals surface area contributed by atoms with Crippen molar-refractivity contribution in [2.75, 3.05) is 0 Å². The van der Waals surface area contributed by atoms with E-state index in [-0.39, 0.29) is 148 Å². The normalized spacial score (nSPS) is 33.3. The number of aliphatic hydroxyl groups is 1. The fourth-order valence-corrected chi connectivity index (χ4v) is 5.26. The van der Waals surface area contributed by atoms with E-state index >= 15 is 0 Å². The minimum Gasteiger partial charge on any atom is -0.756 e. The third-order valence-corrected chi connectivity index (χ3v) is 5.79. The molecule has 7 unspecified atom stereocenters. The number of aliphatic hydroxyl groups excluding tert-OH is 1. The average Bonchev–Trinajstić information content (AvgIpc) is 2.45. The molecular formula is C6H12Na5O21P5. The molecule has 0 spiro atoms. The van der Waals surface area contributed by atoms with E-state index in [0.717, 1.165) is 0 Å². The first kappa shape index (κ1) is 52.1. The minimum absolute atomic E-state index is 0. The Balaban J connectivity index is -0.000000683. The van der Waals surface area contributed by atoms with Crippen LogP contribution in [0.4, 0.5) is 0 Å². The summed E-state index contributed by atoms with van der Waals surface area (Å²) in [7, 11) is -30.7. The summed E-state index contributed by atoms with van der Waals surface area (Å²) in [5.74, 6) is 0. The van der Waals surface area contributed by atoms with Gasteiger partial charge in [-0.1, -0.05) is 0 Å². The molecule has 31 heteroatoms. The van der Waals surface area contributed by atoms with Crippen molar-refractivity contribution >= 4 is 39.1 Å². The van der Waals surface area contributed by atoms with Crippen LogP contribution in [0.1, 0.15) is 0 Å². The van der Waals surface area contributed by atoms with Crippen LogP contribution in [0.3, 0.4) is 0 Å². The second-order valence-electron chi connectivity index (χ2n) is 5.68. The molecular weight excluding hydrogens is 678 g/mol. The van der Waals surface area contributed by atoms with Crippen LogP contribution >= 0.6 is 39.1 Å². The molecule has 0 aromatic carbocycles. The summed E-state index contributed by atoms with van der Waals surface area (Å²) in [4.78, 5) is 99.7. The molecule has 37 heavy (non-hydrogen) atoms. The van der Waals surface area contributed by atoms with E-state index in [1.54, 1.807) is 0 Å². The molecule has 1 saturated carbocycles. The Morgan fingerprint density at radius 1 is 0.405 bits per heavy atom. The first-order chi connectivity index (χ1) is 13.9. The van der Waals surface area contributed by atoms with Gasteiger partial charge in [-0.25, -0.2) is 0 Å².